The number of rotatable bonds is 2. The number of hydrogen-bond acceptors (Lipinski definition) is 3. The van der Waals surface area contributed by atoms with Gasteiger partial charge in [0.1, 0.15) is 0 Å². The van der Waals surface area contributed by atoms with Crippen molar-refractivity contribution in [1.82, 2.24) is 0 Å². The van der Waals surface area contributed by atoms with Crippen molar-refractivity contribution in [2.75, 3.05) is 13.2 Å². The zero-order chi connectivity index (χ0) is 12.6. The topological polar surface area (TPSA) is 49.7 Å². The molecule has 0 atom stereocenters. The summed E-state index contributed by atoms with van der Waals surface area (Å²) in [4.78, 5) is 0. The Balaban J connectivity index is 2.44. The van der Waals surface area contributed by atoms with E-state index >= 15 is 0 Å². The number of ether oxygens (including phenoxy) is 1. The molecule has 1 aliphatic heterocycles. The third-order valence-electron chi connectivity index (χ3n) is 2.76. The molecule has 0 amide bonds. The van der Waals surface area contributed by atoms with Gasteiger partial charge in [-0.3, -0.25) is 0 Å². The van der Waals surface area contributed by atoms with Crippen LogP contribution < -0.4 is 5.46 Å². The molecule has 0 spiro atoms. The molecule has 17 heavy (non-hydrogen) atoms. The summed E-state index contributed by atoms with van der Waals surface area (Å²) in [6, 6.07) is 3.34. The molecule has 1 saturated heterocycles. The maximum absolute atomic E-state index is 12.8. The molecule has 0 radical (unpaired) electrons. The fraction of sp³-hybridized carbons (Fsp3) is 0.400. The Morgan fingerprint density at radius 3 is 2.29 bits per heavy atom. The van der Waals surface area contributed by atoms with Crippen LogP contribution in [0.3, 0.4) is 0 Å². The van der Waals surface area contributed by atoms with E-state index in [1.54, 1.807) is 0 Å². The zero-order valence-electron chi connectivity index (χ0n) is 8.74. The molecule has 92 valence electrons. The smallest absolute Gasteiger partial charge is 0.423 e. The van der Waals surface area contributed by atoms with Crippen LogP contribution in [0.4, 0.5) is 13.2 Å². The van der Waals surface area contributed by atoms with Gasteiger partial charge in [-0.1, -0.05) is 12.1 Å². The van der Waals surface area contributed by atoms with Crippen LogP contribution in [0.5, 0.6) is 0 Å². The fourth-order valence-corrected chi connectivity index (χ4v) is 1.75. The molecular formula is C10H10BF3O3. The first-order valence-electron chi connectivity index (χ1n) is 5.04. The summed E-state index contributed by atoms with van der Waals surface area (Å²) in [5, 5.41) is 17.8. The zero-order valence-corrected chi connectivity index (χ0v) is 8.74. The maximum Gasteiger partial charge on any atom is 0.488 e. The van der Waals surface area contributed by atoms with Crippen LogP contribution in [0.25, 0.3) is 0 Å². The Labute approximate surface area is 96.0 Å². The van der Waals surface area contributed by atoms with Gasteiger partial charge in [0.2, 0.25) is 0 Å². The van der Waals surface area contributed by atoms with E-state index in [0.29, 0.717) is 0 Å². The van der Waals surface area contributed by atoms with Crippen molar-refractivity contribution in [2.45, 2.75) is 12.1 Å². The molecule has 0 aliphatic carbocycles. The van der Waals surface area contributed by atoms with Crippen molar-refractivity contribution in [3.8, 4) is 0 Å². The summed E-state index contributed by atoms with van der Waals surface area (Å²) >= 11 is 0. The van der Waals surface area contributed by atoms with Crippen molar-refractivity contribution >= 4 is 12.6 Å². The van der Waals surface area contributed by atoms with Gasteiger partial charge in [0, 0.05) is 5.92 Å². The van der Waals surface area contributed by atoms with Gasteiger partial charge >= 0.3 is 13.3 Å². The predicted octanol–water partition coefficient (Wildman–Crippen LogP) is 0.499. The lowest BCUT2D eigenvalue weighted by Crippen LogP contribution is -2.33. The van der Waals surface area contributed by atoms with Crippen molar-refractivity contribution in [3.05, 3.63) is 29.3 Å². The quantitative estimate of drug-likeness (QED) is 0.747. The second-order valence-corrected chi connectivity index (χ2v) is 3.95. The second kappa shape index (κ2) is 4.32. The van der Waals surface area contributed by atoms with Crippen LogP contribution in [-0.4, -0.2) is 30.4 Å². The van der Waals surface area contributed by atoms with Gasteiger partial charge < -0.3 is 14.8 Å². The van der Waals surface area contributed by atoms with E-state index < -0.39 is 18.9 Å². The van der Waals surface area contributed by atoms with E-state index in [4.69, 9.17) is 14.8 Å². The van der Waals surface area contributed by atoms with E-state index in [0.717, 1.165) is 6.07 Å². The molecule has 1 aliphatic rings. The van der Waals surface area contributed by atoms with E-state index in [1.807, 2.05) is 0 Å². The Kier molecular flexibility index (Phi) is 3.16. The van der Waals surface area contributed by atoms with E-state index in [2.05, 4.69) is 0 Å². The van der Waals surface area contributed by atoms with Crippen LogP contribution in [-0.2, 0) is 10.9 Å². The van der Waals surface area contributed by atoms with Crippen molar-refractivity contribution in [3.63, 3.8) is 0 Å². The summed E-state index contributed by atoms with van der Waals surface area (Å²) in [5.41, 5.74) is -0.842. The van der Waals surface area contributed by atoms with Gasteiger partial charge in [0.05, 0.1) is 18.8 Å². The Morgan fingerprint density at radius 2 is 1.88 bits per heavy atom. The normalized spacial score (nSPS) is 16.8. The number of hydrogen-bond donors (Lipinski definition) is 2. The average molecular weight is 246 g/mol. The summed E-state index contributed by atoms with van der Waals surface area (Å²) < 4.78 is 43.3. The Morgan fingerprint density at radius 1 is 1.24 bits per heavy atom. The lowest BCUT2D eigenvalue weighted by atomic mass is 9.77. The highest BCUT2D eigenvalue weighted by Gasteiger charge is 2.37. The number of benzene rings is 1. The third-order valence-corrected chi connectivity index (χ3v) is 2.76. The van der Waals surface area contributed by atoms with E-state index in [1.165, 1.54) is 12.1 Å². The van der Waals surface area contributed by atoms with Gasteiger partial charge in [-0.15, -0.1) is 0 Å². The summed E-state index contributed by atoms with van der Waals surface area (Å²) in [6.07, 6.45) is -4.50. The summed E-state index contributed by atoms with van der Waals surface area (Å²) in [5.74, 6) is -0.267. The fourth-order valence-electron chi connectivity index (χ4n) is 1.75. The van der Waals surface area contributed by atoms with E-state index in [9.17, 15) is 13.2 Å². The Bertz CT molecular complexity index is 416. The summed E-state index contributed by atoms with van der Waals surface area (Å²) in [6.45, 7) is 0.536. The van der Waals surface area contributed by atoms with Crippen molar-refractivity contribution in [1.29, 1.82) is 0 Å². The van der Waals surface area contributed by atoms with Crippen LogP contribution >= 0.6 is 0 Å². The molecule has 0 unspecified atom stereocenters. The van der Waals surface area contributed by atoms with Crippen LogP contribution in [0.2, 0.25) is 0 Å². The van der Waals surface area contributed by atoms with Gasteiger partial charge in [-0.25, -0.2) is 0 Å². The molecule has 1 fully saturated rings. The van der Waals surface area contributed by atoms with Crippen LogP contribution in [0, 0.1) is 0 Å². The number of alkyl halides is 3. The molecule has 2 rings (SSSR count). The van der Waals surface area contributed by atoms with Crippen molar-refractivity contribution in [2.24, 2.45) is 0 Å². The molecule has 1 aromatic carbocycles. The molecule has 1 heterocycles. The summed E-state index contributed by atoms with van der Waals surface area (Å²) in [7, 11) is -1.90. The highest BCUT2D eigenvalue weighted by atomic mass is 19.4. The van der Waals surface area contributed by atoms with Gasteiger partial charge in [0.15, 0.2) is 0 Å². The van der Waals surface area contributed by atoms with Gasteiger partial charge in [0.25, 0.3) is 0 Å². The van der Waals surface area contributed by atoms with Crippen LogP contribution in [0.15, 0.2) is 18.2 Å². The largest absolute Gasteiger partial charge is 0.488 e. The second-order valence-electron chi connectivity index (χ2n) is 3.95. The molecule has 0 saturated carbocycles. The van der Waals surface area contributed by atoms with Gasteiger partial charge in [-0.2, -0.15) is 13.2 Å². The maximum atomic E-state index is 12.8. The molecule has 0 bridgehead atoms. The first-order chi connectivity index (χ1) is 7.89. The van der Waals surface area contributed by atoms with Crippen LogP contribution in [0.1, 0.15) is 17.0 Å². The van der Waals surface area contributed by atoms with Gasteiger partial charge in [-0.05, 0) is 17.1 Å². The minimum Gasteiger partial charge on any atom is -0.423 e. The first-order valence-corrected chi connectivity index (χ1v) is 5.04. The third kappa shape index (κ3) is 2.46. The van der Waals surface area contributed by atoms with E-state index in [-0.39, 0.29) is 30.2 Å². The highest BCUT2D eigenvalue weighted by molar-refractivity contribution is 6.58. The molecule has 0 aromatic heterocycles. The SMILES string of the molecule is OB(O)c1ccc(C2COC2)c(C(F)(F)F)c1. The molecule has 7 heteroatoms. The molecule has 2 N–H and O–H groups in total. The molecule has 3 nitrogen and oxygen atoms in total. The molecule has 1 aromatic rings. The minimum atomic E-state index is -4.50. The Hall–Kier alpha value is -1.05. The minimum absolute atomic E-state index is 0.146. The standard InChI is InChI=1S/C10H10BF3O3/c12-10(13,14)9-3-7(11(15)16)1-2-8(9)6-4-17-5-6/h1-3,6,15-16H,4-5H2. The average Bonchev–Trinajstić information content (AvgIpc) is 2.13. The first kappa shape index (κ1) is 12.4. The molecular weight excluding hydrogens is 236 g/mol. The highest BCUT2D eigenvalue weighted by Crippen LogP contribution is 2.36. The lowest BCUT2D eigenvalue weighted by molar-refractivity contribution is -0.139. The predicted molar refractivity (Wildman–Crippen MR) is 54.8 cm³/mol. The lowest BCUT2D eigenvalue weighted by Gasteiger charge is -2.29. The van der Waals surface area contributed by atoms with Crippen molar-refractivity contribution < 1.29 is 28.0 Å². The monoisotopic (exact) mass is 246 g/mol. The number of halogens is 3.